The number of hydrogen-bond donors (Lipinski definition) is 3. The molecule has 1 aliphatic carbocycles. The molecule has 7 heteroatoms. The van der Waals surface area contributed by atoms with Crippen molar-refractivity contribution in [3.63, 3.8) is 0 Å². The number of benzene rings is 3. The lowest BCUT2D eigenvalue weighted by Crippen LogP contribution is -2.48. The van der Waals surface area contributed by atoms with E-state index in [1.807, 2.05) is 78.9 Å². The van der Waals surface area contributed by atoms with E-state index in [0.29, 0.717) is 6.42 Å². The van der Waals surface area contributed by atoms with Gasteiger partial charge in [0, 0.05) is 12.5 Å². The summed E-state index contributed by atoms with van der Waals surface area (Å²) in [5.41, 5.74) is 10.8. The minimum absolute atomic E-state index is 0.0407. The highest BCUT2D eigenvalue weighted by atomic mass is 16.7. The van der Waals surface area contributed by atoms with E-state index in [1.54, 1.807) is 0 Å². The van der Waals surface area contributed by atoms with Crippen LogP contribution in [0.2, 0.25) is 0 Å². The van der Waals surface area contributed by atoms with Crippen LogP contribution < -0.4 is 11.1 Å². The molecule has 4 rings (SSSR count). The van der Waals surface area contributed by atoms with Crippen LogP contribution in [0.25, 0.3) is 11.1 Å². The number of rotatable bonds is 7. The fourth-order valence-corrected chi connectivity index (χ4v) is 4.19. The molecule has 0 bridgehead atoms. The fourth-order valence-electron chi connectivity index (χ4n) is 4.19. The van der Waals surface area contributed by atoms with Crippen LogP contribution in [0.1, 0.15) is 22.6 Å². The zero-order valence-electron chi connectivity index (χ0n) is 18.0. The molecule has 1 amide bonds. The number of aliphatic hydroxyl groups is 1. The van der Waals surface area contributed by atoms with Gasteiger partial charge in [-0.2, -0.15) is 0 Å². The van der Waals surface area contributed by atoms with Crippen molar-refractivity contribution in [2.45, 2.75) is 24.5 Å². The van der Waals surface area contributed by atoms with Gasteiger partial charge in [-0.25, -0.2) is 9.59 Å². The van der Waals surface area contributed by atoms with Crippen LogP contribution in [0.5, 0.6) is 0 Å². The summed E-state index contributed by atoms with van der Waals surface area (Å²) in [6.07, 6.45) is -2.77. The molecule has 3 aromatic carbocycles. The van der Waals surface area contributed by atoms with Gasteiger partial charge in [0.2, 0.25) is 0 Å². The largest absolute Gasteiger partial charge is 0.517 e. The van der Waals surface area contributed by atoms with E-state index < -0.39 is 24.4 Å². The molecule has 2 atom stereocenters. The second kappa shape index (κ2) is 10.3. The van der Waals surface area contributed by atoms with Crippen molar-refractivity contribution in [3.05, 3.63) is 95.6 Å². The lowest BCUT2D eigenvalue weighted by molar-refractivity contribution is 0.0671. The predicted molar refractivity (Wildman–Crippen MR) is 124 cm³/mol. The number of amides is 1. The first-order valence-electron chi connectivity index (χ1n) is 10.8. The Bertz CT molecular complexity index is 1070. The number of fused-ring (bicyclic) bond motifs is 3. The van der Waals surface area contributed by atoms with Gasteiger partial charge in [0.25, 0.3) is 0 Å². The van der Waals surface area contributed by atoms with Gasteiger partial charge in [0.1, 0.15) is 6.61 Å². The summed E-state index contributed by atoms with van der Waals surface area (Å²) in [6, 6.07) is 24.5. The summed E-state index contributed by atoms with van der Waals surface area (Å²) in [5.74, 6) is -0.141. The van der Waals surface area contributed by atoms with E-state index in [9.17, 15) is 14.7 Å². The molecule has 170 valence electrons. The molecule has 0 fully saturated rings. The average molecular weight is 447 g/mol. The number of aliphatic hydroxyl groups excluding tert-OH is 1. The van der Waals surface area contributed by atoms with Gasteiger partial charge < -0.3 is 25.6 Å². The summed E-state index contributed by atoms with van der Waals surface area (Å²) in [6.45, 7) is -0.0122. The topological polar surface area (TPSA) is 111 Å². The highest BCUT2D eigenvalue weighted by Gasteiger charge is 2.30. The van der Waals surface area contributed by atoms with Gasteiger partial charge in [-0.1, -0.05) is 78.9 Å². The van der Waals surface area contributed by atoms with Crippen LogP contribution in [0.15, 0.2) is 78.9 Å². The number of carbonyl (C=O) groups excluding carboxylic acids is 2. The monoisotopic (exact) mass is 446 g/mol. The molecule has 33 heavy (non-hydrogen) atoms. The van der Waals surface area contributed by atoms with Crippen molar-refractivity contribution in [1.82, 2.24) is 5.32 Å². The van der Waals surface area contributed by atoms with Gasteiger partial charge in [-0.05, 0) is 34.2 Å². The van der Waals surface area contributed by atoms with Crippen molar-refractivity contribution < 1.29 is 24.2 Å². The summed E-state index contributed by atoms with van der Waals surface area (Å²) < 4.78 is 10.1. The maximum absolute atomic E-state index is 12.3. The van der Waals surface area contributed by atoms with Gasteiger partial charge in [-0.15, -0.1) is 0 Å². The normalized spacial score (nSPS) is 14.0. The highest BCUT2D eigenvalue weighted by molar-refractivity contribution is 5.81. The number of nitrogens with one attached hydrogen (secondary N) is 1. The molecule has 1 aliphatic rings. The second-order valence-corrected chi connectivity index (χ2v) is 7.92. The molecule has 4 N–H and O–H groups in total. The predicted octanol–water partition coefficient (Wildman–Crippen LogP) is 3.59. The Kier molecular flexibility index (Phi) is 7.02. The van der Waals surface area contributed by atoms with Crippen molar-refractivity contribution in [3.8, 4) is 11.1 Å². The first kappa shape index (κ1) is 22.5. The molecule has 0 heterocycles. The third-order valence-corrected chi connectivity index (χ3v) is 5.81. The van der Waals surface area contributed by atoms with Crippen molar-refractivity contribution in [1.29, 1.82) is 0 Å². The van der Waals surface area contributed by atoms with Crippen LogP contribution in [-0.4, -0.2) is 42.7 Å². The maximum atomic E-state index is 12.3. The highest BCUT2D eigenvalue weighted by Crippen LogP contribution is 2.44. The molecular weight excluding hydrogens is 420 g/mol. The van der Waals surface area contributed by atoms with Gasteiger partial charge >= 0.3 is 12.2 Å². The molecule has 0 radical (unpaired) electrons. The first-order chi connectivity index (χ1) is 16.1. The van der Waals surface area contributed by atoms with E-state index in [0.717, 1.165) is 27.8 Å². The van der Waals surface area contributed by atoms with E-state index in [1.165, 1.54) is 0 Å². The molecule has 2 unspecified atom stereocenters. The summed E-state index contributed by atoms with van der Waals surface area (Å²) in [7, 11) is 0. The first-order valence-corrected chi connectivity index (χ1v) is 10.8. The lowest BCUT2D eigenvalue weighted by atomic mass is 9.98. The van der Waals surface area contributed by atoms with Crippen molar-refractivity contribution in [2.75, 3.05) is 13.2 Å². The molecule has 0 saturated carbocycles. The number of hydrogen-bond acceptors (Lipinski definition) is 6. The minimum Gasteiger partial charge on any atom is -0.433 e. The molecule has 0 saturated heterocycles. The van der Waals surface area contributed by atoms with Crippen LogP contribution >= 0.6 is 0 Å². The van der Waals surface area contributed by atoms with E-state index in [-0.39, 0.29) is 19.1 Å². The Morgan fingerprint density at radius 1 is 0.909 bits per heavy atom. The molecule has 7 nitrogen and oxygen atoms in total. The SMILES string of the molecule is NCC(O)C(Cc1ccccc1)NC(=O)OC(=O)OCC1c2ccccc2-c2ccccc21. The van der Waals surface area contributed by atoms with E-state index in [4.69, 9.17) is 15.2 Å². The average Bonchev–Trinajstić information content (AvgIpc) is 3.16. The van der Waals surface area contributed by atoms with Gasteiger partial charge in [-0.3, -0.25) is 0 Å². The smallest absolute Gasteiger partial charge is 0.433 e. The Morgan fingerprint density at radius 2 is 1.48 bits per heavy atom. The van der Waals surface area contributed by atoms with Crippen LogP contribution in [0, 0.1) is 0 Å². The summed E-state index contributed by atoms with van der Waals surface area (Å²) >= 11 is 0. The standard InChI is InChI=1S/C26H26N2O5/c27-15-24(29)23(14-17-8-2-1-3-9-17)28-25(30)33-26(31)32-16-22-20-12-6-4-10-18(20)19-11-5-7-13-21(19)22/h1-13,22-24,29H,14-16,27H2,(H,28,30). The molecule has 0 spiro atoms. The van der Waals surface area contributed by atoms with Crippen LogP contribution in [0.3, 0.4) is 0 Å². The Labute approximate surface area is 192 Å². The third kappa shape index (κ3) is 5.22. The lowest BCUT2D eigenvalue weighted by Gasteiger charge is -2.22. The molecule has 0 aromatic heterocycles. The van der Waals surface area contributed by atoms with Crippen molar-refractivity contribution in [2.24, 2.45) is 5.73 Å². The van der Waals surface area contributed by atoms with Crippen LogP contribution in [0.4, 0.5) is 9.59 Å². The fraction of sp³-hybridized carbons (Fsp3) is 0.231. The zero-order valence-corrected chi connectivity index (χ0v) is 18.0. The minimum atomic E-state index is -1.10. The number of nitrogens with two attached hydrogens (primary N) is 1. The van der Waals surface area contributed by atoms with Crippen LogP contribution in [-0.2, 0) is 15.9 Å². The number of carbonyl (C=O) groups is 2. The Balaban J connectivity index is 1.35. The summed E-state index contributed by atoms with van der Waals surface area (Å²) in [4.78, 5) is 24.5. The van der Waals surface area contributed by atoms with Gasteiger partial charge in [0.05, 0.1) is 12.1 Å². The molecule has 3 aromatic rings. The number of alkyl carbamates (subject to hydrolysis) is 1. The third-order valence-electron chi connectivity index (χ3n) is 5.81. The Morgan fingerprint density at radius 3 is 2.09 bits per heavy atom. The quantitative estimate of drug-likeness (QED) is 0.378. The molecular formula is C26H26N2O5. The maximum Gasteiger partial charge on any atom is 0.517 e. The Hall–Kier alpha value is -3.68. The zero-order chi connectivity index (χ0) is 23.2. The van der Waals surface area contributed by atoms with Gasteiger partial charge in [0.15, 0.2) is 0 Å². The van der Waals surface area contributed by atoms with E-state index >= 15 is 0 Å². The number of ether oxygens (including phenoxy) is 2. The van der Waals surface area contributed by atoms with Crippen molar-refractivity contribution >= 4 is 12.2 Å². The molecule has 0 aliphatic heterocycles. The summed E-state index contributed by atoms with van der Waals surface area (Å²) in [5, 5.41) is 12.7. The second-order valence-electron chi connectivity index (χ2n) is 7.92. The van der Waals surface area contributed by atoms with E-state index in [2.05, 4.69) is 5.32 Å².